The molecule has 1 aliphatic heterocycles. The lowest BCUT2D eigenvalue weighted by molar-refractivity contribution is 0.0731. The van der Waals surface area contributed by atoms with Gasteiger partial charge in [-0.25, -0.2) is 0 Å². The molecule has 1 atom stereocenters. The second-order valence-corrected chi connectivity index (χ2v) is 6.34. The highest BCUT2D eigenvalue weighted by atomic mass is 16.5. The standard InChI is InChI=1S/C18H23N3O2/c1-20(2)11-14-12-21(9-10-23-13-14)18(22)17-16-6-4-3-5-15(16)7-8-19-17/h3-8,14H,9-13H2,1-2H3. The van der Waals surface area contributed by atoms with Gasteiger partial charge in [-0.15, -0.1) is 0 Å². The quantitative estimate of drug-likeness (QED) is 0.868. The van der Waals surface area contributed by atoms with Crippen LogP contribution in [0, 0.1) is 5.92 Å². The summed E-state index contributed by atoms with van der Waals surface area (Å²) >= 11 is 0. The van der Waals surface area contributed by atoms with E-state index >= 15 is 0 Å². The molecule has 23 heavy (non-hydrogen) atoms. The zero-order valence-corrected chi connectivity index (χ0v) is 13.7. The molecule has 0 N–H and O–H groups in total. The largest absolute Gasteiger partial charge is 0.379 e. The molecule has 0 radical (unpaired) electrons. The Bertz CT molecular complexity index is 682. The lowest BCUT2D eigenvalue weighted by atomic mass is 10.1. The predicted octanol–water partition coefficient (Wildman–Crippen LogP) is 1.88. The third-order valence-electron chi connectivity index (χ3n) is 4.12. The first-order valence-corrected chi connectivity index (χ1v) is 8.00. The number of benzene rings is 1. The molecule has 0 spiro atoms. The summed E-state index contributed by atoms with van der Waals surface area (Å²) in [6, 6.07) is 9.83. The van der Waals surface area contributed by atoms with Crippen LogP contribution in [0.25, 0.3) is 10.8 Å². The lowest BCUT2D eigenvalue weighted by Crippen LogP contribution is -2.39. The predicted molar refractivity (Wildman–Crippen MR) is 90.5 cm³/mol. The molecule has 1 aromatic heterocycles. The number of pyridine rings is 1. The Labute approximate surface area is 136 Å². The number of fused-ring (bicyclic) bond motifs is 1. The molecule has 1 aromatic carbocycles. The number of carbonyl (C=O) groups excluding carboxylic acids is 1. The minimum atomic E-state index is -0.00365. The summed E-state index contributed by atoms with van der Waals surface area (Å²) in [5.41, 5.74) is 0.536. The Morgan fingerprint density at radius 1 is 1.35 bits per heavy atom. The normalized spacial score (nSPS) is 19.1. The fourth-order valence-electron chi connectivity index (χ4n) is 3.13. The third-order valence-corrected chi connectivity index (χ3v) is 4.12. The molecule has 5 nitrogen and oxygen atoms in total. The Hall–Kier alpha value is -1.98. The molecule has 0 bridgehead atoms. The van der Waals surface area contributed by atoms with Crippen LogP contribution in [0.15, 0.2) is 36.5 Å². The van der Waals surface area contributed by atoms with Gasteiger partial charge < -0.3 is 14.5 Å². The lowest BCUT2D eigenvalue weighted by Gasteiger charge is -2.25. The molecule has 122 valence electrons. The number of ether oxygens (including phenoxy) is 1. The van der Waals surface area contributed by atoms with Gasteiger partial charge in [0.1, 0.15) is 5.69 Å². The SMILES string of the molecule is CN(C)CC1COCCN(C(=O)c2nccc3ccccc23)C1. The van der Waals surface area contributed by atoms with Crippen LogP contribution in [0.2, 0.25) is 0 Å². The van der Waals surface area contributed by atoms with Crippen LogP contribution in [0.1, 0.15) is 10.5 Å². The summed E-state index contributed by atoms with van der Waals surface area (Å²) in [4.78, 5) is 21.4. The Kier molecular flexibility index (Phi) is 4.88. The topological polar surface area (TPSA) is 45.7 Å². The van der Waals surface area contributed by atoms with E-state index in [1.54, 1.807) is 6.20 Å². The van der Waals surface area contributed by atoms with Crippen molar-refractivity contribution >= 4 is 16.7 Å². The van der Waals surface area contributed by atoms with Gasteiger partial charge in [0.25, 0.3) is 5.91 Å². The van der Waals surface area contributed by atoms with E-state index in [2.05, 4.69) is 9.88 Å². The maximum Gasteiger partial charge on any atom is 0.273 e. The van der Waals surface area contributed by atoms with Crippen LogP contribution >= 0.6 is 0 Å². The monoisotopic (exact) mass is 313 g/mol. The van der Waals surface area contributed by atoms with Crippen LogP contribution in [-0.4, -0.2) is 67.6 Å². The summed E-state index contributed by atoms with van der Waals surface area (Å²) < 4.78 is 5.67. The van der Waals surface area contributed by atoms with E-state index < -0.39 is 0 Å². The smallest absolute Gasteiger partial charge is 0.273 e. The van der Waals surface area contributed by atoms with Gasteiger partial charge in [-0.2, -0.15) is 0 Å². The third kappa shape index (κ3) is 3.68. The molecule has 2 heterocycles. The summed E-state index contributed by atoms with van der Waals surface area (Å²) in [6.07, 6.45) is 1.71. The zero-order chi connectivity index (χ0) is 16.2. The van der Waals surface area contributed by atoms with Crippen molar-refractivity contribution in [1.82, 2.24) is 14.8 Å². The highest BCUT2D eigenvalue weighted by molar-refractivity contribution is 6.05. The molecule has 1 fully saturated rings. The molecule has 1 unspecified atom stereocenters. The number of hydrogen-bond acceptors (Lipinski definition) is 4. The molecular formula is C18H23N3O2. The maximum atomic E-state index is 13.0. The van der Waals surface area contributed by atoms with Crippen molar-refractivity contribution in [3.63, 3.8) is 0 Å². The van der Waals surface area contributed by atoms with Gasteiger partial charge in [0.05, 0.1) is 13.2 Å². The van der Waals surface area contributed by atoms with Gasteiger partial charge in [-0.05, 0) is 25.5 Å². The fourth-order valence-corrected chi connectivity index (χ4v) is 3.13. The van der Waals surface area contributed by atoms with E-state index in [4.69, 9.17) is 4.74 Å². The molecule has 1 saturated heterocycles. The van der Waals surface area contributed by atoms with Crippen molar-refractivity contribution in [2.24, 2.45) is 5.92 Å². The molecule has 3 rings (SSSR count). The Morgan fingerprint density at radius 2 is 2.17 bits per heavy atom. The van der Waals surface area contributed by atoms with Crippen molar-refractivity contribution in [1.29, 1.82) is 0 Å². The van der Waals surface area contributed by atoms with Gasteiger partial charge in [0.2, 0.25) is 0 Å². The first-order chi connectivity index (χ1) is 11.1. The van der Waals surface area contributed by atoms with E-state index in [-0.39, 0.29) is 5.91 Å². The molecule has 0 aliphatic carbocycles. The number of amides is 1. The van der Waals surface area contributed by atoms with Gasteiger partial charge >= 0.3 is 0 Å². The molecule has 2 aromatic rings. The summed E-state index contributed by atoms with van der Waals surface area (Å²) in [5.74, 6) is 0.322. The second-order valence-electron chi connectivity index (χ2n) is 6.34. The van der Waals surface area contributed by atoms with Crippen molar-refractivity contribution in [2.75, 3.05) is 46.9 Å². The average molecular weight is 313 g/mol. The van der Waals surface area contributed by atoms with E-state index in [1.165, 1.54) is 0 Å². The molecule has 1 aliphatic rings. The van der Waals surface area contributed by atoms with Gasteiger partial charge in [-0.1, -0.05) is 24.3 Å². The number of carbonyl (C=O) groups is 1. The average Bonchev–Trinajstić information content (AvgIpc) is 2.78. The molecular weight excluding hydrogens is 290 g/mol. The molecule has 0 saturated carbocycles. The van der Waals surface area contributed by atoms with E-state index in [0.717, 1.165) is 17.3 Å². The van der Waals surface area contributed by atoms with Gasteiger partial charge in [0.15, 0.2) is 0 Å². The van der Waals surface area contributed by atoms with Crippen molar-refractivity contribution < 1.29 is 9.53 Å². The fraction of sp³-hybridized carbons (Fsp3) is 0.444. The Balaban J connectivity index is 1.85. The number of hydrogen-bond donors (Lipinski definition) is 0. The highest BCUT2D eigenvalue weighted by Gasteiger charge is 2.25. The van der Waals surface area contributed by atoms with E-state index in [9.17, 15) is 4.79 Å². The van der Waals surface area contributed by atoms with Gasteiger partial charge in [-0.3, -0.25) is 9.78 Å². The van der Waals surface area contributed by atoms with Crippen molar-refractivity contribution in [2.45, 2.75) is 0 Å². The van der Waals surface area contributed by atoms with Crippen molar-refractivity contribution in [3.8, 4) is 0 Å². The Morgan fingerprint density at radius 3 is 3.00 bits per heavy atom. The highest BCUT2D eigenvalue weighted by Crippen LogP contribution is 2.19. The summed E-state index contributed by atoms with van der Waals surface area (Å²) in [5, 5.41) is 1.95. The molecule has 1 amide bonds. The van der Waals surface area contributed by atoms with Crippen LogP contribution in [0.3, 0.4) is 0 Å². The first-order valence-electron chi connectivity index (χ1n) is 8.00. The van der Waals surface area contributed by atoms with Crippen LogP contribution < -0.4 is 0 Å². The van der Waals surface area contributed by atoms with Gasteiger partial charge in [0, 0.05) is 37.1 Å². The summed E-state index contributed by atoms with van der Waals surface area (Å²) in [7, 11) is 4.09. The molecule has 5 heteroatoms. The van der Waals surface area contributed by atoms with Crippen LogP contribution in [0.4, 0.5) is 0 Å². The number of nitrogens with zero attached hydrogens (tertiary/aromatic N) is 3. The van der Waals surface area contributed by atoms with Crippen LogP contribution in [0.5, 0.6) is 0 Å². The second kappa shape index (κ2) is 7.06. The minimum absolute atomic E-state index is 0.00365. The minimum Gasteiger partial charge on any atom is -0.379 e. The van der Waals surface area contributed by atoms with E-state index in [1.807, 2.05) is 49.3 Å². The number of aromatic nitrogens is 1. The van der Waals surface area contributed by atoms with Crippen LogP contribution in [-0.2, 0) is 4.74 Å². The first kappa shape index (κ1) is 15.9. The summed E-state index contributed by atoms with van der Waals surface area (Å²) in [6.45, 7) is 3.52. The number of rotatable bonds is 3. The zero-order valence-electron chi connectivity index (χ0n) is 13.7. The van der Waals surface area contributed by atoms with Crippen molar-refractivity contribution in [3.05, 3.63) is 42.2 Å². The maximum absolute atomic E-state index is 13.0. The van der Waals surface area contributed by atoms with E-state index in [0.29, 0.717) is 37.9 Å².